The standard InChI is InChI=1S/C27H33N3O2S/c1-6-27(5,30-33(31,32)26-20(3)16-19(2)17-21(26)4)18-29-25-23(11-9-15-28)14-13-22-10-7-8-12-24(22)25/h7-8,10,12-14,16-17,29-30H,6,9,11,18H2,1-5H3/t27-/m0/s1. The van der Waals surface area contributed by atoms with Crippen LogP contribution < -0.4 is 10.0 Å². The van der Waals surface area contributed by atoms with Crippen LogP contribution in [0.5, 0.6) is 0 Å². The van der Waals surface area contributed by atoms with Crippen molar-refractivity contribution in [1.82, 2.24) is 4.72 Å². The van der Waals surface area contributed by atoms with Gasteiger partial charge >= 0.3 is 0 Å². The molecule has 0 spiro atoms. The van der Waals surface area contributed by atoms with E-state index in [2.05, 4.69) is 40.4 Å². The molecule has 0 saturated carbocycles. The molecule has 2 N–H and O–H groups in total. The Hall–Kier alpha value is -2.88. The number of nitrogens with one attached hydrogen (secondary N) is 2. The van der Waals surface area contributed by atoms with Gasteiger partial charge < -0.3 is 5.32 Å². The van der Waals surface area contributed by atoms with Gasteiger partial charge in [-0.3, -0.25) is 0 Å². The van der Waals surface area contributed by atoms with Crippen molar-refractivity contribution in [2.45, 2.75) is 64.3 Å². The Morgan fingerprint density at radius 3 is 2.33 bits per heavy atom. The summed E-state index contributed by atoms with van der Waals surface area (Å²) in [4.78, 5) is 0.354. The van der Waals surface area contributed by atoms with Crippen LogP contribution in [0.3, 0.4) is 0 Å². The van der Waals surface area contributed by atoms with Crippen molar-refractivity contribution in [2.24, 2.45) is 0 Å². The molecule has 0 radical (unpaired) electrons. The molecule has 5 nitrogen and oxygen atoms in total. The van der Waals surface area contributed by atoms with Gasteiger partial charge in [-0.25, -0.2) is 13.1 Å². The van der Waals surface area contributed by atoms with Gasteiger partial charge in [-0.05, 0) is 62.6 Å². The second kappa shape index (κ2) is 9.94. The molecule has 3 rings (SSSR count). The predicted molar refractivity (Wildman–Crippen MR) is 136 cm³/mol. The van der Waals surface area contributed by atoms with Crippen LogP contribution in [0.25, 0.3) is 10.8 Å². The van der Waals surface area contributed by atoms with E-state index in [9.17, 15) is 8.42 Å². The van der Waals surface area contributed by atoms with E-state index in [1.54, 1.807) is 0 Å². The van der Waals surface area contributed by atoms with Gasteiger partial charge in [-0.1, -0.05) is 61.0 Å². The van der Waals surface area contributed by atoms with Crippen molar-refractivity contribution in [2.75, 3.05) is 11.9 Å². The minimum Gasteiger partial charge on any atom is -0.382 e. The molecule has 0 aliphatic heterocycles. The molecule has 0 amide bonds. The molecule has 3 aromatic rings. The van der Waals surface area contributed by atoms with E-state index in [1.165, 1.54) is 0 Å². The number of anilines is 1. The fourth-order valence-corrected chi connectivity index (χ4v) is 6.34. The Kier molecular flexibility index (Phi) is 7.46. The van der Waals surface area contributed by atoms with Crippen molar-refractivity contribution in [3.8, 4) is 6.07 Å². The van der Waals surface area contributed by atoms with Gasteiger partial charge in [-0.2, -0.15) is 5.26 Å². The predicted octanol–water partition coefficient (Wildman–Crippen LogP) is 5.78. The van der Waals surface area contributed by atoms with Gasteiger partial charge in [0.2, 0.25) is 10.0 Å². The third-order valence-corrected chi connectivity index (χ3v) is 8.15. The first-order valence-electron chi connectivity index (χ1n) is 11.3. The average molecular weight is 464 g/mol. The van der Waals surface area contributed by atoms with Gasteiger partial charge in [0.15, 0.2) is 0 Å². The van der Waals surface area contributed by atoms with E-state index < -0.39 is 15.6 Å². The Bertz CT molecular complexity index is 1290. The smallest absolute Gasteiger partial charge is 0.241 e. The number of sulfonamides is 1. The number of rotatable bonds is 9. The summed E-state index contributed by atoms with van der Waals surface area (Å²) in [7, 11) is -3.71. The zero-order valence-corrected chi connectivity index (χ0v) is 20.9. The van der Waals surface area contributed by atoms with E-state index in [4.69, 9.17) is 5.26 Å². The Morgan fingerprint density at radius 2 is 1.70 bits per heavy atom. The molecule has 33 heavy (non-hydrogen) atoms. The maximum atomic E-state index is 13.4. The highest BCUT2D eigenvalue weighted by molar-refractivity contribution is 7.89. The van der Waals surface area contributed by atoms with E-state index in [0.717, 1.165) is 38.7 Å². The van der Waals surface area contributed by atoms with Gasteiger partial charge in [0.25, 0.3) is 0 Å². The lowest BCUT2D eigenvalue weighted by atomic mass is 9.97. The first-order valence-corrected chi connectivity index (χ1v) is 12.8. The summed E-state index contributed by atoms with van der Waals surface area (Å²) < 4.78 is 29.8. The number of nitrogens with zero attached hydrogens (tertiary/aromatic N) is 1. The van der Waals surface area contributed by atoms with Gasteiger partial charge in [-0.15, -0.1) is 0 Å². The summed E-state index contributed by atoms with van der Waals surface area (Å²) in [5, 5.41) is 14.8. The lowest BCUT2D eigenvalue weighted by Gasteiger charge is -2.31. The lowest BCUT2D eigenvalue weighted by Crippen LogP contribution is -2.50. The topological polar surface area (TPSA) is 82.0 Å². The molecule has 0 unspecified atom stereocenters. The van der Waals surface area contributed by atoms with Crippen LogP contribution >= 0.6 is 0 Å². The number of benzene rings is 3. The fourth-order valence-electron chi connectivity index (χ4n) is 4.41. The molecule has 0 aliphatic rings. The van der Waals surface area contributed by atoms with Crippen molar-refractivity contribution in [3.05, 3.63) is 70.8 Å². The summed E-state index contributed by atoms with van der Waals surface area (Å²) in [5.74, 6) is 0. The van der Waals surface area contributed by atoms with E-state index >= 15 is 0 Å². The number of hydrogen-bond donors (Lipinski definition) is 2. The molecule has 174 valence electrons. The van der Waals surface area contributed by atoms with Crippen LogP contribution in [-0.2, 0) is 16.4 Å². The molecule has 0 bridgehead atoms. The molecular weight excluding hydrogens is 430 g/mol. The molecule has 0 heterocycles. The molecule has 0 aromatic heterocycles. The van der Waals surface area contributed by atoms with Crippen LogP contribution in [0.15, 0.2) is 53.4 Å². The quantitative estimate of drug-likeness (QED) is 0.421. The van der Waals surface area contributed by atoms with Crippen LogP contribution in [-0.4, -0.2) is 20.5 Å². The third kappa shape index (κ3) is 5.55. The lowest BCUT2D eigenvalue weighted by molar-refractivity contribution is 0.421. The normalized spacial score (nSPS) is 13.5. The van der Waals surface area contributed by atoms with Gasteiger partial charge in [0.05, 0.1) is 11.0 Å². The van der Waals surface area contributed by atoms with E-state index in [1.807, 2.05) is 58.9 Å². The molecule has 0 saturated heterocycles. The summed E-state index contributed by atoms with van der Waals surface area (Å²) in [6, 6.07) is 18.2. The monoisotopic (exact) mass is 463 g/mol. The highest BCUT2D eigenvalue weighted by Gasteiger charge is 2.31. The maximum Gasteiger partial charge on any atom is 0.241 e. The summed E-state index contributed by atoms with van der Waals surface area (Å²) >= 11 is 0. The van der Waals surface area contributed by atoms with Gasteiger partial charge in [0.1, 0.15) is 0 Å². The number of aryl methyl sites for hydroxylation is 4. The van der Waals surface area contributed by atoms with E-state index in [0.29, 0.717) is 30.7 Å². The number of hydrogen-bond acceptors (Lipinski definition) is 4. The largest absolute Gasteiger partial charge is 0.382 e. The zero-order valence-electron chi connectivity index (χ0n) is 20.1. The highest BCUT2D eigenvalue weighted by atomic mass is 32.2. The average Bonchev–Trinajstić information content (AvgIpc) is 2.75. The minimum atomic E-state index is -3.71. The first-order chi connectivity index (χ1) is 15.6. The van der Waals surface area contributed by atoms with Crippen LogP contribution in [0.1, 0.15) is 48.9 Å². The number of nitriles is 1. The van der Waals surface area contributed by atoms with Crippen molar-refractivity contribution in [1.29, 1.82) is 5.26 Å². The van der Waals surface area contributed by atoms with Crippen molar-refractivity contribution < 1.29 is 8.42 Å². The van der Waals surface area contributed by atoms with Gasteiger partial charge in [0, 0.05) is 29.6 Å². The Morgan fingerprint density at radius 1 is 1.03 bits per heavy atom. The first kappa shape index (κ1) is 24.8. The summed E-state index contributed by atoms with van der Waals surface area (Å²) in [5.41, 5.74) is 3.86. The van der Waals surface area contributed by atoms with E-state index in [-0.39, 0.29) is 0 Å². The molecular formula is C27H33N3O2S. The second-order valence-corrected chi connectivity index (χ2v) is 10.7. The fraction of sp³-hybridized carbons (Fsp3) is 0.370. The molecule has 0 aliphatic carbocycles. The van der Waals surface area contributed by atoms with Crippen molar-refractivity contribution in [3.63, 3.8) is 0 Å². The maximum absolute atomic E-state index is 13.4. The summed E-state index contributed by atoms with van der Waals surface area (Å²) in [6.07, 6.45) is 1.68. The zero-order chi connectivity index (χ0) is 24.2. The highest BCUT2D eigenvalue weighted by Crippen LogP contribution is 2.30. The second-order valence-electron chi connectivity index (χ2n) is 9.08. The molecule has 1 atom stereocenters. The molecule has 3 aromatic carbocycles. The third-order valence-electron chi connectivity index (χ3n) is 6.21. The summed E-state index contributed by atoms with van der Waals surface area (Å²) in [6.45, 7) is 9.98. The van der Waals surface area contributed by atoms with Crippen LogP contribution in [0.4, 0.5) is 5.69 Å². The number of fused-ring (bicyclic) bond motifs is 1. The SMILES string of the molecule is CC[C@@](C)(CNc1c(CCC#N)ccc2ccccc12)NS(=O)(=O)c1c(C)cc(C)cc1C. The van der Waals surface area contributed by atoms with Crippen LogP contribution in [0, 0.1) is 32.1 Å². The Labute approximate surface area is 197 Å². The van der Waals surface area contributed by atoms with Crippen LogP contribution in [0.2, 0.25) is 0 Å². The molecule has 0 fully saturated rings. The Balaban J connectivity index is 1.93. The molecule has 6 heteroatoms. The van der Waals surface area contributed by atoms with Crippen molar-refractivity contribution >= 4 is 26.5 Å². The minimum absolute atomic E-state index is 0.354.